The Balaban J connectivity index is 1.97. The van der Waals surface area contributed by atoms with E-state index in [1.807, 2.05) is 0 Å². The number of aromatic nitrogens is 1. The van der Waals surface area contributed by atoms with E-state index in [-0.39, 0.29) is 16.6 Å². The minimum absolute atomic E-state index is 0.000638. The number of hydrogen-bond acceptors (Lipinski definition) is 6. The summed E-state index contributed by atoms with van der Waals surface area (Å²) in [4.78, 5) is 17.2. The molecule has 3 N–H and O–H groups in total. The van der Waals surface area contributed by atoms with E-state index in [0.29, 0.717) is 35.4 Å². The average Bonchev–Trinajstić information content (AvgIpc) is 3.46. The maximum absolute atomic E-state index is 12.9. The van der Waals surface area contributed by atoms with E-state index in [4.69, 9.17) is 23.2 Å². The van der Waals surface area contributed by atoms with Crippen molar-refractivity contribution in [2.24, 2.45) is 5.92 Å². The van der Waals surface area contributed by atoms with E-state index >= 15 is 0 Å². The van der Waals surface area contributed by atoms with Crippen LogP contribution < -0.4 is 10.0 Å². The topological polar surface area (TPSA) is 108 Å². The maximum Gasteiger partial charge on any atom is 0.404 e. The highest BCUT2D eigenvalue weighted by atomic mass is 35.5. The Labute approximate surface area is 234 Å². The third-order valence-corrected chi connectivity index (χ3v) is 9.95. The monoisotopic (exact) mass is 615 g/mol. The highest BCUT2D eigenvalue weighted by molar-refractivity contribution is 7.89. The molecule has 1 fully saturated rings. The molecule has 1 aromatic heterocycles. The molecule has 7 nitrogen and oxygen atoms in total. The second kappa shape index (κ2) is 12.0. The van der Waals surface area contributed by atoms with E-state index in [9.17, 15) is 31.5 Å². The smallest absolute Gasteiger partial charge is 0.389 e. The van der Waals surface area contributed by atoms with E-state index in [2.05, 4.69) is 10.3 Å². The number of nitrogens with zero attached hydrogens (tertiary/aromatic N) is 1. The molecule has 1 amide bonds. The fraction of sp³-hybridized carbons (Fsp3) is 0.583. The molecule has 1 heterocycles. The van der Waals surface area contributed by atoms with Crippen LogP contribution in [0.25, 0.3) is 10.4 Å². The fourth-order valence-electron chi connectivity index (χ4n) is 4.12. The van der Waals surface area contributed by atoms with Crippen LogP contribution in [-0.4, -0.2) is 48.8 Å². The van der Waals surface area contributed by atoms with Crippen LogP contribution >= 0.6 is 34.5 Å². The van der Waals surface area contributed by atoms with Gasteiger partial charge in [0.05, 0.1) is 26.2 Å². The lowest BCUT2D eigenvalue weighted by Gasteiger charge is -2.18. The van der Waals surface area contributed by atoms with Gasteiger partial charge in [0.25, 0.3) is 5.91 Å². The summed E-state index contributed by atoms with van der Waals surface area (Å²) in [6.07, 6.45) is 1.16. The molecule has 0 aliphatic heterocycles. The lowest BCUT2D eigenvalue weighted by atomic mass is 9.99. The average molecular weight is 617 g/mol. The normalized spacial score (nSPS) is 16.1. The third-order valence-electron chi connectivity index (χ3n) is 6.24. The Morgan fingerprint density at radius 3 is 2.42 bits per heavy atom. The van der Waals surface area contributed by atoms with Gasteiger partial charge in [-0.15, -0.1) is 11.3 Å². The van der Waals surface area contributed by atoms with Crippen molar-refractivity contribution < 1.29 is 31.5 Å². The number of halogens is 5. The Morgan fingerprint density at radius 1 is 1.21 bits per heavy atom. The molecule has 0 unspecified atom stereocenters. The molecule has 38 heavy (non-hydrogen) atoms. The quantitative estimate of drug-likeness (QED) is 0.305. The van der Waals surface area contributed by atoms with Crippen LogP contribution in [0.4, 0.5) is 13.2 Å². The number of carbonyl (C=O) groups excluding carboxylic acids is 1. The Morgan fingerprint density at radius 2 is 1.84 bits per heavy atom. The summed E-state index contributed by atoms with van der Waals surface area (Å²) in [5.74, 6) is 0.0440. The molecule has 2 aromatic rings. The van der Waals surface area contributed by atoms with E-state index in [1.165, 1.54) is 6.07 Å². The van der Waals surface area contributed by atoms with Gasteiger partial charge in [0.15, 0.2) is 5.01 Å². The first kappa shape index (κ1) is 31.1. The molecular weight excluding hydrogens is 586 g/mol. The first-order chi connectivity index (χ1) is 17.5. The number of alkyl halides is 3. The largest absolute Gasteiger partial charge is 0.404 e. The van der Waals surface area contributed by atoms with E-state index in [1.54, 1.807) is 18.6 Å². The number of thiazole rings is 1. The SMILES string of the molecule is C[C@H](NS(=O)(=O)c1ccc(-c2sc(C(=O)NCC(C)(C)O)nc2CCC2CCCC2)c(Cl)c1Cl)C(F)(F)F. The minimum Gasteiger partial charge on any atom is -0.389 e. The van der Waals surface area contributed by atoms with Gasteiger partial charge in [-0.2, -0.15) is 17.9 Å². The van der Waals surface area contributed by atoms with Crippen molar-refractivity contribution in [2.45, 2.75) is 82.0 Å². The van der Waals surface area contributed by atoms with Crippen LogP contribution in [0.1, 0.15) is 68.4 Å². The van der Waals surface area contributed by atoms with Crippen LogP contribution in [0.15, 0.2) is 17.0 Å². The van der Waals surface area contributed by atoms with E-state index in [0.717, 1.165) is 49.5 Å². The second-order valence-electron chi connectivity index (χ2n) is 10.1. The Hall–Kier alpha value is -1.44. The zero-order chi connectivity index (χ0) is 28.5. The zero-order valence-electron chi connectivity index (χ0n) is 21.1. The number of rotatable bonds is 10. The van der Waals surface area contributed by atoms with Crippen molar-refractivity contribution in [3.05, 3.63) is 32.9 Å². The van der Waals surface area contributed by atoms with Crippen molar-refractivity contribution in [3.63, 3.8) is 0 Å². The summed E-state index contributed by atoms with van der Waals surface area (Å²) in [6, 6.07) is 0.103. The molecule has 1 atom stereocenters. The van der Waals surface area contributed by atoms with Crippen molar-refractivity contribution >= 4 is 50.5 Å². The van der Waals surface area contributed by atoms with Gasteiger partial charge < -0.3 is 10.4 Å². The molecule has 1 aliphatic carbocycles. The van der Waals surface area contributed by atoms with Gasteiger partial charge in [0, 0.05) is 12.1 Å². The summed E-state index contributed by atoms with van der Waals surface area (Å²) in [7, 11) is -4.64. The number of nitrogens with one attached hydrogen (secondary N) is 2. The van der Waals surface area contributed by atoms with Gasteiger partial charge in [-0.3, -0.25) is 4.79 Å². The molecule has 0 spiro atoms. The molecular formula is C24H30Cl2F3N3O4S2. The van der Waals surface area contributed by atoms with Gasteiger partial charge >= 0.3 is 6.18 Å². The predicted octanol–water partition coefficient (Wildman–Crippen LogP) is 5.97. The predicted molar refractivity (Wildman–Crippen MR) is 142 cm³/mol. The summed E-state index contributed by atoms with van der Waals surface area (Å²) in [5.41, 5.74) is -0.218. The van der Waals surface area contributed by atoms with Gasteiger partial charge in [0.1, 0.15) is 10.9 Å². The van der Waals surface area contributed by atoms with Gasteiger partial charge in [-0.1, -0.05) is 55.0 Å². The highest BCUT2D eigenvalue weighted by Crippen LogP contribution is 2.42. The van der Waals surface area contributed by atoms with Crippen molar-refractivity contribution in [1.29, 1.82) is 0 Å². The van der Waals surface area contributed by atoms with Crippen molar-refractivity contribution in [2.75, 3.05) is 6.54 Å². The number of aliphatic hydroxyl groups is 1. The summed E-state index contributed by atoms with van der Waals surface area (Å²) >= 11 is 13.8. The number of aryl methyl sites for hydroxylation is 1. The zero-order valence-corrected chi connectivity index (χ0v) is 24.2. The molecule has 1 aliphatic rings. The fourth-order valence-corrected chi connectivity index (χ4v) is 7.33. The lowest BCUT2D eigenvalue weighted by Crippen LogP contribution is -2.43. The number of benzene rings is 1. The van der Waals surface area contributed by atoms with Crippen molar-refractivity contribution in [3.8, 4) is 10.4 Å². The molecule has 212 valence electrons. The second-order valence-corrected chi connectivity index (χ2v) is 13.5. The van der Waals surface area contributed by atoms with Crippen LogP contribution in [0.5, 0.6) is 0 Å². The molecule has 1 aromatic carbocycles. The molecule has 0 saturated heterocycles. The first-order valence-electron chi connectivity index (χ1n) is 12.1. The van der Waals surface area contributed by atoms with Crippen LogP contribution in [0.3, 0.4) is 0 Å². The highest BCUT2D eigenvalue weighted by Gasteiger charge is 2.39. The Bertz CT molecular complexity index is 1270. The molecule has 0 radical (unpaired) electrons. The van der Waals surface area contributed by atoms with Gasteiger partial charge in [-0.25, -0.2) is 13.4 Å². The minimum atomic E-state index is -4.79. The van der Waals surface area contributed by atoms with Crippen LogP contribution in [0.2, 0.25) is 10.0 Å². The summed E-state index contributed by atoms with van der Waals surface area (Å²) < 4.78 is 65.7. The number of carbonyl (C=O) groups is 1. The summed E-state index contributed by atoms with van der Waals surface area (Å²) in [6.45, 7) is 3.78. The Kier molecular flexibility index (Phi) is 9.80. The van der Waals surface area contributed by atoms with E-state index < -0.39 is 43.7 Å². The molecule has 1 saturated carbocycles. The van der Waals surface area contributed by atoms with Crippen molar-refractivity contribution in [1.82, 2.24) is 15.0 Å². The van der Waals surface area contributed by atoms with Gasteiger partial charge in [0.2, 0.25) is 10.0 Å². The molecule has 3 rings (SSSR count). The molecule has 0 bridgehead atoms. The van der Waals surface area contributed by atoms with Gasteiger partial charge in [-0.05, 0) is 45.6 Å². The lowest BCUT2D eigenvalue weighted by molar-refractivity contribution is -0.147. The van der Waals surface area contributed by atoms with Crippen LogP contribution in [-0.2, 0) is 16.4 Å². The number of hydrogen-bond donors (Lipinski definition) is 3. The molecule has 14 heteroatoms. The number of amides is 1. The maximum atomic E-state index is 12.9. The standard InChI is InChI=1S/C24H30Cl2F3N3O4S2/c1-13(24(27,28)29)32-38(35,36)17-11-9-15(18(25)19(17)26)20-16(10-8-14-6-4-5-7-14)31-22(37-20)21(33)30-12-23(2,3)34/h9,11,13-14,32,34H,4-8,10,12H2,1-3H3,(H,30,33)/t13-/m0/s1. The van der Waals surface area contributed by atoms with Crippen LogP contribution in [0, 0.1) is 5.92 Å². The summed E-state index contributed by atoms with van der Waals surface area (Å²) in [5, 5.41) is 12.1. The number of sulfonamides is 1. The first-order valence-corrected chi connectivity index (χ1v) is 15.1. The third kappa shape index (κ3) is 7.82.